The van der Waals surface area contributed by atoms with Crippen molar-refractivity contribution in [1.29, 1.82) is 0 Å². The number of benzene rings is 2. The van der Waals surface area contributed by atoms with E-state index in [1.807, 2.05) is 31.2 Å². The van der Waals surface area contributed by atoms with Gasteiger partial charge in [-0.3, -0.25) is 9.78 Å². The summed E-state index contributed by atoms with van der Waals surface area (Å²) in [5, 5.41) is 2.85. The molecule has 0 aliphatic carbocycles. The van der Waals surface area contributed by atoms with Gasteiger partial charge in [0.15, 0.2) is 5.58 Å². The average molecular weight is 282 g/mol. The second-order valence-electron chi connectivity index (χ2n) is 4.94. The molecule has 0 radical (unpaired) electrons. The Bertz CT molecular complexity index is 861. The van der Waals surface area contributed by atoms with Gasteiger partial charge in [-0.2, -0.15) is 0 Å². The van der Waals surface area contributed by atoms with Crippen LogP contribution in [0.5, 0.6) is 0 Å². The largest absolute Gasteiger partial charge is 0.417 e. The number of hydrogen-bond acceptors (Lipinski definition) is 3. The first-order chi connectivity index (χ1) is 10.1. The standard InChI is InChI=1S/C16H14N2O3/c1-10-3-2-4-12(7-10)17-15(19)9-11-5-6-14-13(8-11)18-16(20)21-14/h2-8H,9H2,1H3,(H,17,19)(H,18,20). The molecule has 0 spiro atoms. The minimum Gasteiger partial charge on any atom is -0.408 e. The van der Waals surface area contributed by atoms with E-state index in [0.29, 0.717) is 11.1 Å². The predicted molar refractivity (Wildman–Crippen MR) is 80.3 cm³/mol. The van der Waals surface area contributed by atoms with Crippen molar-refractivity contribution in [3.63, 3.8) is 0 Å². The van der Waals surface area contributed by atoms with Gasteiger partial charge in [-0.25, -0.2) is 4.79 Å². The molecule has 0 aliphatic rings. The number of aryl methyl sites for hydroxylation is 1. The SMILES string of the molecule is Cc1cccc(NC(=O)Cc2ccc3oc(=O)[nH]c3c2)c1. The molecule has 5 heteroatoms. The number of fused-ring (bicyclic) bond motifs is 1. The van der Waals surface area contributed by atoms with Crippen LogP contribution in [0.2, 0.25) is 0 Å². The summed E-state index contributed by atoms with van der Waals surface area (Å²) in [7, 11) is 0. The maximum absolute atomic E-state index is 12.0. The molecular weight excluding hydrogens is 268 g/mol. The maximum atomic E-state index is 12.0. The summed E-state index contributed by atoms with van der Waals surface area (Å²) >= 11 is 0. The van der Waals surface area contributed by atoms with Crippen molar-refractivity contribution in [3.8, 4) is 0 Å². The zero-order chi connectivity index (χ0) is 14.8. The summed E-state index contributed by atoms with van der Waals surface area (Å²) < 4.78 is 4.93. The Kier molecular flexibility index (Phi) is 3.31. The van der Waals surface area contributed by atoms with Gasteiger partial charge in [-0.15, -0.1) is 0 Å². The number of oxazole rings is 1. The maximum Gasteiger partial charge on any atom is 0.417 e. The van der Waals surface area contributed by atoms with E-state index in [1.165, 1.54) is 0 Å². The number of aromatic nitrogens is 1. The van der Waals surface area contributed by atoms with Gasteiger partial charge in [-0.1, -0.05) is 18.2 Å². The van der Waals surface area contributed by atoms with Crippen LogP contribution in [0.3, 0.4) is 0 Å². The van der Waals surface area contributed by atoms with E-state index in [2.05, 4.69) is 10.3 Å². The molecule has 0 aliphatic heterocycles. The van der Waals surface area contributed by atoms with E-state index in [-0.39, 0.29) is 12.3 Å². The Labute approximate surface area is 120 Å². The summed E-state index contributed by atoms with van der Waals surface area (Å²) in [5.41, 5.74) is 3.76. The minimum absolute atomic E-state index is 0.106. The van der Waals surface area contributed by atoms with Gasteiger partial charge in [0.2, 0.25) is 5.91 Å². The molecule has 3 rings (SSSR count). The third-order valence-corrected chi connectivity index (χ3v) is 3.15. The molecular formula is C16H14N2O3. The topological polar surface area (TPSA) is 75.1 Å². The summed E-state index contributed by atoms with van der Waals surface area (Å²) in [5.74, 6) is -0.600. The van der Waals surface area contributed by atoms with Gasteiger partial charge in [0, 0.05) is 5.69 Å². The lowest BCUT2D eigenvalue weighted by Gasteiger charge is -2.06. The lowest BCUT2D eigenvalue weighted by Crippen LogP contribution is -2.14. The molecule has 21 heavy (non-hydrogen) atoms. The number of nitrogens with one attached hydrogen (secondary N) is 2. The fraction of sp³-hybridized carbons (Fsp3) is 0.125. The molecule has 1 aromatic heterocycles. The number of carbonyl (C=O) groups is 1. The van der Waals surface area contributed by atoms with E-state index >= 15 is 0 Å². The van der Waals surface area contributed by atoms with Crippen LogP contribution in [0.1, 0.15) is 11.1 Å². The number of rotatable bonds is 3. The second-order valence-corrected chi connectivity index (χ2v) is 4.94. The lowest BCUT2D eigenvalue weighted by molar-refractivity contribution is -0.115. The molecule has 0 bridgehead atoms. The highest BCUT2D eigenvalue weighted by atomic mass is 16.4. The van der Waals surface area contributed by atoms with Crippen LogP contribution in [0, 0.1) is 6.92 Å². The van der Waals surface area contributed by atoms with Gasteiger partial charge in [0.1, 0.15) is 0 Å². The zero-order valence-corrected chi connectivity index (χ0v) is 11.5. The van der Waals surface area contributed by atoms with Crippen molar-refractivity contribution in [1.82, 2.24) is 4.98 Å². The average Bonchev–Trinajstić information content (AvgIpc) is 2.78. The van der Waals surface area contributed by atoms with E-state index in [9.17, 15) is 9.59 Å². The Morgan fingerprint density at radius 2 is 2.10 bits per heavy atom. The van der Waals surface area contributed by atoms with Gasteiger partial charge in [0.05, 0.1) is 11.9 Å². The number of H-pyrrole nitrogens is 1. The van der Waals surface area contributed by atoms with Gasteiger partial charge >= 0.3 is 5.76 Å². The molecule has 1 amide bonds. The second kappa shape index (κ2) is 5.28. The molecule has 0 unspecified atom stereocenters. The normalized spacial score (nSPS) is 10.7. The number of hydrogen-bond donors (Lipinski definition) is 2. The van der Waals surface area contributed by atoms with Crippen LogP contribution in [-0.4, -0.2) is 10.9 Å². The summed E-state index contributed by atoms with van der Waals surface area (Å²) in [6.45, 7) is 1.97. The van der Waals surface area contributed by atoms with Crippen LogP contribution in [0.4, 0.5) is 5.69 Å². The first-order valence-corrected chi connectivity index (χ1v) is 6.58. The van der Waals surface area contributed by atoms with Crippen molar-refractivity contribution in [2.24, 2.45) is 0 Å². The van der Waals surface area contributed by atoms with E-state index < -0.39 is 5.76 Å². The molecule has 106 valence electrons. The Morgan fingerprint density at radius 3 is 2.90 bits per heavy atom. The molecule has 2 aromatic carbocycles. The lowest BCUT2D eigenvalue weighted by atomic mass is 10.1. The number of aromatic amines is 1. The first-order valence-electron chi connectivity index (χ1n) is 6.58. The molecule has 0 saturated carbocycles. The van der Waals surface area contributed by atoms with Crippen molar-refractivity contribution in [2.45, 2.75) is 13.3 Å². The third-order valence-electron chi connectivity index (χ3n) is 3.15. The molecule has 0 fully saturated rings. The summed E-state index contributed by atoms with van der Waals surface area (Å²) in [4.78, 5) is 25.7. The van der Waals surface area contributed by atoms with Gasteiger partial charge in [0.25, 0.3) is 0 Å². The fourth-order valence-electron chi connectivity index (χ4n) is 2.22. The smallest absolute Gasteiger partial charge is 0.408 e. The number of amides is 1. The fourth-order valence-corrected chi connectivity index (χ4v) is 2.22. The summed E-state index contributed by atoms with van der Waals surface area (Å²) in [6, 6.07) is 12.8. The molecule has 2 N–H and O–H groups in total. The van der Waals surface area contributed by atoms with E-state index in [4.69, 9.17) is 4.42 Å². The van der Waals surface area contributed by atoms with Gasteiger partial charge in [-0.05, 0) is 42.3 Å². The highest BCUT2D eigenvalue weighted by Crippen LogP contribution is 2.14. The summed E-state index contributed by atoms with van der Waals surface area (Å²) in [6.07, 6.45) is 0.233. The molecule has 3 aromatic rings. The number of carbonyl (C=O) groups excluding carboxylic acids is 1. The zero-order valence-electron chi connectivity index (χ0n) is 11.5. The molecule has 5 nitrogen and oxygen atoms in total. The van der Waals surface area contributed by atoms with Crippen LogP contribution in [0.25, 0.3) is 11.1 Å². The minimum atomic E-state index is -0.494. The quantitative estimate of drug-likeness (QED) is 0.775. The predicted octanol–water partition coefficient (Wildman–Crippen LogP) is 2.61. The highest BCUT2D eigenvalue weighted by molar-refractivity contribution is 5.92. The van der Waals surface area contributed by atoms with Gasteiger partial charge < -0.3 is 9.73 Å². The first kappa shape index (κ1) is 13.2. The van der Waals surface area contributed by atoms with Crippen LogP contribution in [0.15, 0.2) is 51.7 Å². The van der Waals surface area contributed by atoms with Crippen molar-refractivity contribution < 1.29 is 9.21 Å². The molecule has 1 heterocycles. The number of anilines is 1. The highest BCUT2D eigenvalue weighted by Gasteiger charge is 2.07. The van der Waals surface area contributed by atoms with Crippen molar-refractivity contribution >= 4 is 22.7 Å². The Morgan fingerprint density at radius 1 is 1.24 bits per heavy atom. The van der Waals surface area contributed by atoms with Crippen LogP contribution in [-0.2, 0) is 11.2 Å². The van der Waals surface area contributed by atoms with Crippen LogP contribution >= 0.6 is 0 Å². The third kappa shape index (κ3) is 3.02. The van der Waals surface area contributed by atoms with Crippen molar-refractivity contribution in [3.05, 3.63) is 64.1 Å². The monoisotopic (exact) mass is 282 g/mol. The molecule has 0 saturated heterocycles. The Hall–Kier alpha value is -2.82. The van der Waals surface area contributed by atoms with Crippen molar-refractivity contribution in [2.75, 3.05) is 5.32 Å². The van der Waals surface area contributed by atoms with E-state index in [1.54, 1.807) is 18.2 Å². The van der Waals surface area contributed by atoms with E-state index in [0.717, 1.165) is 16.8 Å². The molecule has 0 atom stereocenters. The Balaban J connectivity index is 1.75. The van der Waals surface area contributed by atoms with Crippen LogP contribution < -0.4 is 11.1 Å².